The molecule has 1 aromatic carbocycles. The molecule has 7 heteroatoms. The zero-order chi connectivity index (χ0) is 16.9. The molecule has 0 radical (unpaired) electrons. The fraction of sp³-hybridized carbons (Fsp3) is 0.438. The predicted molar refractivity (Wildman–Crippen MR) is 85.4 cm³/mol. The summed E-state index contributed by atoms with van der Waals surface area (Å²) >= 11 is 1.44. The number of ether oxygens (including phenoxy) is 1. The van der Waals surface area contributed by atoms with Crippen LogP contribution in [0.4, 0.5) is 13.2 Å². The van der Waals surface area contributed by atoms with Gasteiger partial charge in [-0.2, -0.15) is 13.2 Å². The number of methoxy groups -OCH3 is 1. The third-order valence-corrected chi connectivity index (χ3v) is 4.40. The maximum absolute atomic E-state index is 12.6. The summed E-state index contributed by atoms with van der Waals surface area (Å²) in [4.78, 5) is 6.73. The average Bonchev–Trinajstić information content (AvgIpc) is 2.99. The lowest BCUT2D eigenvalue weighted by Crippen LogP contribution is -2.26. The Kier molecular flexibility index (Phi) is 6.15. The molecule has 0 aliphatic rings. The van der Waals surface area contributed by atoms with E-state index in [9.17, 15) is 13.2 Å². The Hall–Kier alpha value is -1.44. The van der Waals surface area contributed by atoms with Gasteiger partial charge in [-0.05, 0) is 18.7 Å². The van der Waals surface area contributed by atoms with Crippen LogP contribution in [0.1, 0.15) is 18.2 Å². The van der Waals surface area contributed by atoms with E-state index >= 15 is 0 Å². The van der Waals surface area contributed by atoms with Gasteiger partial charge in [-0.1, -0.05) is 19.1 Å². The molecule has 3 nitrogen and oxygen atoms in total. The third-order valence-electron chi connectivity index (χ3n) is 3.46. The predicted octanol–water partition coefficient (Wildman–Crippen LogP) is 4.30. The number of nitrogens with zero attached hydrogens (tertiary/aromatic N) is 2. The highest BCUT2D eigenvalue weighted by atomic mass is 32.1. The molecule has 2 aromatic rings. The van der Waals surface area contributed by atoms with Gasteiger partial charge in [0.05, 0.1) is 17.9 Å². The van der Waals surface area contributed by atoms with E-state index in [1.54, 1.807) is 7.11 Å². The molecular formula is C16H19F3N2OS. The summed E-state index contributed by atoms with van der Waals surface area (Å²) in [6.45, 7) is 5.14. The third kappa shape index (κ3) is 5.02. The number of benzene rings is 1. The zero-order valence-corrected chi connectivity index (χ0v) is 13.9. The minimum absolute atomic E-state index is 0.644. The number of hydrogen-bond donors (Lipinski definition) is 0. The summed E-state index contributed by atoms with van der Waals surface area (Å²) in [7, 11) is 1.67. The molecule has 0 aliphatic heterocycles. The van der Waals surface area contributed by atoms with Crippen molar-refractivity contribution in [1.82, 2.24) is 9.88 Å². The lowest BCUT2D eigenvalue weighted by atomic mass is 10.1. The van der Waals surface area contributed by atoms with Crippen molar-refractivity contribution in [3.8, 4) is 10.6 Å². The molecule has 0 fully saturated rings. The van der Waals surface area contributed by atoms with E-state index < -0.39 is 11.7 Å². The van der Waals surface area contributed by atoms with E-state index in [2.05, 4.69) is 16.8 Å². The molecule has 0 N–H and O–H groups in total. The standard InChI is InChI=1S/C16H19F3N2OS/c1-3-21(8-9-22-2)10-14-11-23-15(20-14)12-4-6-13(7-5-12)16(17,18)19/h4-7,11H,3,8-10H2,1-2H3. The highest BCUT2D eigenvalue weighted by Crippen LogP contribution is 2.31. The van der Waals surface area contributed by atoms with Gasteiger partial charge in [-0.3, -0.25) is 4.90 Å². The highest BCUT2D eigenvalue weighted by molar-refractivity contribution is 7.13. The monoisotopic (exact) mass is 344 g/mol. The number of rotatable bonds is 7. The van der Waals surface area contributed by atoms with Crippen LogP contribution < -0.4 is 0 Å². The van der Waals surface area contributed by atoms with Gasteiger partial charge in [-0.25, -0.2) is 4.98 Å². The Bertz CT molecular complexity index is 611. The number of likely N-dealkylation sites (N-methyl/N-ethyl adjacent to an activating group) is 1. The molecule has 0 aliphatic carbocycles. The van der Waals surface area contributed by atoms with Crippen LogP contribution in [0.25, 0.3) is 10.6 Å². The number of hydrogen-bond acceptors (Lipinski definition) is 4. The van der Waals surface area contributed by atoms with Crippen LogP contribution >= 0.6 is 11.3 Å². The average molecular weight is 344 g/mol. The van der Waals surface area contributed by atoms with Crippen LogP contribution in [0.3, 0.4) is 0 Å². The van der Waals surface area contributed by atoms with Gasteiger partial charge in [-0.15, -0.1) is 11.3 Å². The Morgan fingerprint density at radius 3 is 2.48 bits per heavy atom. The Balaban J connectivity index is 2.06. The molecule has 0 spiro atoms. The molecule has 1 aromatic heterocycles. The SMILES string of the molecule is CCN(CCOC)Cc1csc(-c2ccc(C(F)(F)F)cc2)n1. The normalized spacial score (nSPS) is 12.1. The van der Waals surface area contributed by atoms with Gasteiger partial charge in [0, 0.05) is 31.1 Å². The number of halogens is 3. The first-order valence-corrected chi connectivity index (χ1v) is 8.15. The fourth-order valence-corrected chi connectivity index (χ4v) is 2.93. The summed E-state index contributed by atoms with van der Waals surface area (Å²) in [6, 6.07) is 5.11. The van der Waals surface area contributed by atoms with Crippen LogP contribution in [-0.2, 0) is 17.5 Å². The molecule has 0 bridgehead atoms. The lowest BCUT2D eigenvalue weighted by molar-refractivity contribution is -0.137. The Morgan fingerprint density at radius 2 is 1.91 bits per heavy atom. The van der Waals surface area contributed by atoms with Crippen molar-refractivity contribution in [3.05, 3.63) is 40.9 Å². The first-order chi connectivity index (χ1) is 10.9. The molecule has 2 rings (SSSR count). The minimum atomic E-state index is -4.31. The van der Waals surface area contributed by atoms with Gasteiger partial charge in [0.15, 0.2) is 0 Å². The van der Waals surface area contributed by atoms with E-state index in [1.165, 1.54) is 23.5 Å². The van der Waals surface area contributed by atoms with Crippen molar-refractivity contribution in [2.75, 3.05) is 26.8 Å². The van der Waals surface area contributed by atoms with Crippen LogP contribution in [0.5, 0.6) is 0 Å². The largest absolute Gasteiger partial charge is 0.416 e. The smallest absolute Gasteiger partial charge is 0.383 e. The van der Waals surface area contributed by atoms with E-state index in [-0.39, 0.29) is 0 Å². The van der Waals surface area contributed by atoms with Crippen molar-refractivity contribution in [1.29, 1.82) is 0 Å². The molecular weight excluding hydrogens is 325 g/mol. The second-order valence-electron chi connectivity index (χ2n) is 5.08. The van der Waals surface area contributed by atoms with Gasteiger partial charge >= 0.3 is 6.18 Å². The van der Waals surface area contributed by atoms with Gasteiger partial charge in [0.25, 0.3) is 0 Å². The second kappa shape index (κ2) is 7.90. The van der Waals surface area contributed by atoms with Gasteiger partial charge < -0.3 is 4.74 Å². The molecule has 23 heavy (non-hydrogen) atoms. The van der Waals surface area contributed by atoms with Crippen molar-refractivity contribution in [2.45, 2.75) is 19.6 Å². The molecule has 126 valence electrons. The summed E-state index contributed by atoms with van der Waals surface area (Å²) in [5.41, 5.74) is 0.979. The molecule has 0 saturated carbocycles. The molecule has 1 heterocycles. The van der Waals surface area contributed by atoms with E-state index in [1.807, 2.05) is 5.38 Å². The van der Waals surface area contributed by atoms with Crippen LogP contribution in [0, 0.1) is 0 Å². The van der Waals surface area contributed by atoms with Gasteiger partial charge in [0.2, 0.25) is 0 Å². The Morgan fingerprint density at radius 1 is 1.22 bits per heavy atom. The lowest BCUT2D eigenvalue weighted by Gasteiger charge is -2.18. The van der Waals surface area contributed by atoms with E-state index in [0.717, 1.165) is 35.9 Å². The second-order valence-corrected chi connectivity index (χ2v) is 5.94. The minimum Gasteiger partial charge on any atom is -0.383 e. The summed E-state index contributed by atoms with van der Waals surface area (Å²) in [5.74, 6) is 0. The summed E-state index contributed by atoms with van der Waals surface area (Å²) in [5, 5.41) is 2.68. The summed E-state index contributed by atoms with van der Waals surface area (Å²) < 4.78 is 42.8. The van der Waals surface area contributed by atoms with E-state index in [0.29, 0.717) is 18.7 Å². The van der Waals surface area contributed by atoms with E-state index in [4.69, 9.17) is 4.74 Å². The number of thiazole rings is 1. The summed E-state index contributed by atoms with van der Waals surface area (Å²) in [6.07, 6.45) is -4.31. The van der Waals surface area contributed by atoms with Crippen molar-refractivity contribution in [2.24, 2.45) is 0 Å². The Labute approximate surface area is 137 Å². The number of aromatic nitrogens is 1. The molecule has 0 unspecified atom stereocenters. The molecule has 0 atom stereocenters. The first-order valence-electron chi connectivity index (χ1n) is 7.27. The van der Waals surface area contributed by atoms with Crippen molar-refractivity contribution in [3.63, 3.8) is 0 Å². The maximum Gasteiger partial charge on any atom is 0.416 e. The van der Waals surface area contributed by atoms with Crippen LogP contribution in [-0.4, -0.2) is 36.7 Å². The van der Waals surface area contributed by atoms with Crippen LogP contribution in [0.15, 0.2) is 29.6 Å². The maximum atomic E-state index is 12.6. The fourth-order valence-electron chi connectivity index (χ4n) is 2.11. The molecule has 0 saturated heterocycles. The van der Waals surface area contributed by atoms with Crippen LogP contribution in [0.2, 0.25) is 0 Å². The molecule has 0 amide bonds. The zero-order valence-electron chi connectivity index (χ0n) is 13.1. The quantitative estimate of drug-likeness (QED) is 0.749. The van der Waals surface area contributed by atoms with Crippen molar-refractivity contribution >= 4 is 11.3 Å². The van der Waals surface area contributed by atoms with Gasteiger partial charge in [0.1, 0.15) is 5.01 Å². The highest BCUT2D eigenvalue weighted by Gasteiger charge is 2.30. The number of alkyl halides is 3. The topological polar surface area (TPSA) is 25.4 Å². The van der Waals surface area contributed by atoms with Crippen molar-refractivity contribution < 1.29 is 17.9 Å². The first kappa shape index (κ1) is 17.9.